The number of hydrogen-bond acceptors (Lipinski definition) is 8. The predicted molar refractivity (Wildman–Crippen MR) is 217 cm³/mol. The molecule has 1 unspecified atom stereocenters. The summed E-state index contributed by atoms with van der Waals surface area (Å²) in [6, 6.07) is 21.1. The van der Waals surface area contributed by atoms with Gasteiger partial charge in [0.25, 0.3) is 0 Å². The molecule has 16 nitrogen and oxygen atoms in total. The van der Waals surface area contributed by atoms with Crippen LogP contribution in [0.4, 0.5) is 9.59 Å². The number of urea groups is 1. The van der Waals surface area contributed by atoms with Crippen molar-refractivity contribution in [2.45, 2.75) is 77.5 Å². The largest absolute Gasteiger partial charge is 0.508 e. The number of hydrogen-bond donors (Lipinski definition) is 8. The van der Waals surface area contributed by atoms with E-state index in [9.17, 15) is 29.1 Å². The monoisotopic (exact) mass is 788 g/mol. The Morgan fingerprint density at radius 3 is 2.07 bits per heavy atom. The highest BCUT2D eigenvalue weighted by atomic mass is 16.6. The number of amides is 6. The van der Waals surface area contributed by atoms with Crippen molar-refractivity contribution in [2.75, 3.05) is 32.8 Å². The highest BCUT2D eigenvalue weighted by Crippen LogP contribution is 2.27. The molecule has 0 aliphatic rings. The third kappa shape index (κ3) is 17.8. The maximum Gasteiger partial charge on any atom is 0.407 e. The molecule has 0 heterocycles. The second kappa shape index (κ2) is 23.6. The Hall–Kier alpha value is -6.32. The fourth-order valence-electron chi connectivity index (χ4n) is 5.32. The number of aromatic hydroxyl groups is 1. The molecule has 57 heavy (non-hydrogen) atoms. The number of phenolic OH excluding ortho intramolecular Hbond substituents is 1. The van der Waals surface area contributed by atoms with E-state index < -0.39 is 41.5 Å². The Labute approximate surface area is 333 Å². The van der Waals surface area contributed by atoms with Crippen molar-refractivity contribution in [1.29, 1.82) is 0 Å². The van der Waals surface area contributed by atoms with Crippen LogP contribution in [-0.4, -0.2) is 85.3 Å². The molecule has 0 saturated carbocycles. The van der Waals surface area contributed by atoms with Crippen LogP contribution >= 0.6 is 0 Å². The molecular formula is C41H56N8O8. The minimum atomic E-state index is -0.945. The number of benzene rings is 3. The zero-order valence-electron chi connectivity index (χ0n) is 33.1. The molecule has 3 aromatic rings. The third-order valence-electron chi connectivity index (χ3n) is 8.14. The number of carbonyl (C=O) groups is 5. The molecule has 9 N–H and O–H groups in total. The van der Waals surface area contributed by atoms with Gasteiger partial charge >= 0.3 is 12.1 Å². The van der Waals surface area contributed by atoms with Gasteiger partial charge in [-0.1, -0.05) is 61.5 Å². The molecule has 0 aliphatic carbocycles. The first-order valence-corrected chi connectivity index (χ1v) is 19.0. The summed E-state index contributed by atoms with van der Waals surface area (Å²) in [6.07, 6.45) is 0.986. The number of guanidine groups is 1. The number of nitrogens with zero attached hydrogens (tertiary/aromatic N) is 1. The van der Waals surface area contributed by atoms with Crippen LogP contribution in [0.5, 0.6) is 11.5 Å². The SMILES string of the molecule is CCC(=O)NCCNC(=O)/N=C(/N)NCCC[C@@H](NC(=O)C(c1ccccc1)c1ccc(OCCCNC(=O)OC(C)(C)C)cc1)C(=O)NCc1ccc(O)cc1. The molecule has 0 bridgehead atoms. The number of alkyl carbamates (subject to hydrolysis) is 1. The first kappa shape index (κ1) is 45.1. The summed E-state index contributed by atoms with van der Waals surface area (Å²) in [6.45, 7) is 8.69. The molecule has 16 heteroatoms. The van der Waals surface area contributed by atoms with E-state index in [4.69, 9.17) is 15.2 Å². The van der Waals surface area contributed by atoms with Gasteiger partial charge in [-0.15, -0.1) is 0 Å². The van der Waals surface area contributed by atoms with Crippen LogP contribution in [0.25, 0.3) is 0 Å². The lowest BCUT2D eigenvalue weighted by atomic mass is 9.90. The van der Waals surface area contributed by atoms with Gasteiger partial charge < -0.3 is 52.2 Å². The third-order valence-corrected chi connectivity index (χ3v) is 8.14. The Morgan fingerprint density at radius 1 is 0.754 bits per heavy atom. The standard InChI is InChI=1S/C41H56N8O8/c1-5-34(51)43-24-25-45-39(54)49-38(42)44-22-9-13-33(36(52)47-27-28-14-18-31(50)19-15-28)48-37(53)35(29-11-7-6-8-12-29)30-16-20-32(21-17-30)56-26-10-23-46-40(55)57-41(2,3)4/h6-8,11-12,14-21,33,35,50H,5,9-10,13,22-27H2,1-4H3,(H,43,51)(H,46,55)(H,47,52)(H,48,53)(H4,42,44,45,49,54)/t33-,35?/m1/s1. The van der Waals surface area contributed by atoms with Gasteiger partial charge in [-0.2, -0.15) is 4.99 Å². The van der Waals surface area contributed by atoms with Crippen LogP contribution in [0.15, 0.2) is 83.9 Å². The van der Waals surface area contributed by atoms with E-state index in [0.29, 0.717) is 43.7 Å². The number of carbonyl (C=O) groups excluding carboxylic acids is 5. The van der Waals surface area contributed by atoms with Gasteiger partial charge in [-0.05, 0) is 81.0 Å². The lowest BCUT2D eigenvalue weighted by Gasteiger charge is -2.23. The van der Waals surface area contributed by atoms with Crippen LogP contribution in [0, 0.1) is 0 Å². The first-order chi connectivity index (χ1) is 27.2. The van der Waals surface area contributed by atoms with Crippen molar-refractivity contribution in [3.8, 4) is 11.5 Å². The maximum atomic E-state index is 14.1. The lowest BCUT2D eigenvalue weighted by Crippen LogP contribution is -2.48. The number of aliphatic imine (C=N–C) groups is 1. The molecule has 0 spiro atoms. The lowest BCUT2D eigenvalue weighted by molar-refractivity contribution is -0.129. The summed E-state index contributed by atoms with van der Waals surface area (Å²) in [5.41, 5.74) is 7.46. The Balaban J connectivity index is 1.66. The number of nitrogens with two attached hydrogens (primary N) is 1. The average Bonchev–Trinajstić information content (AvgIpc) is 3.17. The maximum absolute atomic E-state index is 14.1. The topological polar surface area (TPSA) is 235 Å². The van der Waals surface area contributed by atoms with Gasteiger partial charge in [0, 0.05) is 39.1 Å². The van der Waals surface area contributed by atoms with Crippen molar-refractivity contribution in [3.63, 3.8) is 0 Å². The van der Waals surface area contributed by atoms with Crippen molar-refractivity contribution in [3.05, 3.63) is 95.6 Å². The Bertz CT molecular complexity index is 1760. The summed E-state index contributed by atoms with van der Waals surface area (Å²) in [5.74, 6) is -1.15. The van der Waals surface area contributed by atoms with Crippen LogP contribution in [0.1, 0.15) is 76.0 Å². The zero-order chi connectivity index (χ0) is 41.6. The Morgan fingerprint density at radius 2 is 1.40 bits per heavy atom. The van der Waals surface area contributed by atoms with E-state index >= 15 is 0 Å². The molecule has 0 aromatic heterocycles. The summed E-state index contributed by atoms with van der Waals surface area (Å²) in [4.78, 5) is 66.8. The fraction of sp³-hybridized carbons (Fsp3) is 0.415. The van der Waals surface area contributed by atoms with Gasteiger partial charge in [0.15, 0.2) is 5.96 Å². The fourth-order valence-corrected chi connectivity index (χ4v) is 5.32. The summed E-state index contributed by atoms with van der Waals surface area (Å²) >= 11 is 0. The smallest absolute Gasteiger partial charge is 0.407 e. The number of phenols is 1. The van der Waals surface area contributed by atoms with E-state index in [1.54, 1.807) is 64.1 Å². The van der Waals surface area contributed by atoms with Crippen molar-refractivity contribution < 1.29 is 38.6 Å². The average molecular weight is 789 g/mol. The quantitative estimate of drug-likeness (QED) is 0.0471. The highest BCUT2D eigenvalue weighted by molar-refractivity contribution is 5.93. The second-order valence-corrected chi connectivity index (χ2v) is 14.0. The van der Waals surface area contributed by atoms with Gasteiger partial charge in [-0.3, -0.25) is 14.4 Å². The predicted octanol–water partition coefficient (Wildman–Crippen LogP) is 3.54. The van der Waals surface area contributed by atoms with Crippen LogP contribution < -0.4 is 42.4 Å². The molecular weight excluding hydrogens is 732 g/mol. The molecule has 6 amide bonds. The van der Waals surface area contributed by atoms with Crippen molar-refractivity contribution >= 4 is 35.8 Å². The second-order valence-electron chi connectivity index (χ2n) is 14.0. The molecule has 308 valence electrons. The van der Waals surface area contributed by atoms with Crippen molar-refractivity contribution in [1.82, 2.24) is 31.9 Å². The van der Waals surface area contributed by atoms with Crippen LogP contribution in [0.2, 0.25) is 0 Å². The highest BCUT2D eigenvalue weighted by Gasteiger charge is 2.28. The summed E-state index contributed by atoms with van der Waals surface area (Å²) in [7, 11) is 0. The van der Waals surface area contributed by atoms with Gasteiger partial charge in [0.1, 0.15) is 23.1 Å². The molecule has 0 fully saturated rings. The molecule has 0 radical (unpaired) electrons. The molecule has 2 atom stereocenters. The van der Waals surface area contributed by atoms with Crippen LogP contribution in [0.3, 0.4) is 0 Å². The molecule has 3 rings (SSSR count). The minimum absolute atomic E-state index is 0.0997. The molecule has 3 aromatic carbocycles. The van der Waals surface area contributed by atoms with E-state index in [-0.39, 0.29) is 50.2 Å². The number of nitrogens with one attached hydrogen (secondary N) is 6. The summed E-state index contributed by atoms with van der Waals surface area (Å²) < 4.78 is 11.1. The zero-order valence-corrected chi connectivity index (χ0v) is 33.1. The molecule has 0 aliphatic heterocycles. The minimum Gasteiger partial charge on any atom is -0.508 e. The van der Waals surface area contributed by atoms with E-state index in [1.165, 1.54) is 12.1 Å². The van der Waals surface area contributed by atoms with Crippen molar-refractivity contribution in [2.24, 2.45) is 10.7 Å². The van der Waals surface area contributed by atoms with Gasteiger partial charge in [0.05, 0.1) is 12.5 Å². The number of ether oxygens (including phenoxy) is 2. The van der Waals surface area contributed by atoms with E-state index in [2.05, 4.69) is 36.9 Å². The normalized spacial score (nSPS) is 12.3. The van der Waals surface area contributed by atoms with E-state index in [0.717, 1.165) is 11.1 Å². The molecule has 0 saturated heterocycles. The van der Waals surface area contributed by atoms with Gasteiger partial charge in [-0.25, -0.2) is 9.59 Å². The van der Waals surface area contributed by atoms with E-state index in [1.807, 2.05) is 30.3 Å². The number of rotatable bonds is 20. The Kier molecular flexibility index (Phi) is 18.6. The first-order valence-electron chi connectivity index (χ1n) is 19.0. The van der Waals surface area contributed by atoms with Crippen LogP contribution in [-0.2, 0) is 25.7 Å². The van der Waals surface area contributed by atoms with Gasteiger partial charge in [0.2, 0.25) is 17.7 Å². The summed E-state index contributed by atoms with van der Waals surface area (Å²) in [5, 5.41) is 26.2.